The van der Waals surface area contributed by atoms with Gasteiger partial charge in [-0.3, -0.25) is 4.67 Å². The van der Waals surface area contributed by atoms with Crippen LogP contribution in [0.1, 0.15) is 38.7 Å². The largest absolute Gasteiger partial charge is 0.377 e. The summed E-state index contributed by atoms with van der Waals surface area (Å²) in [6, 6.07) is 6.92. The van der Waals surface area contributed by atoms with E-state index in [1.165, 1.54) is 41.4 Å². The Bertz CT molecular complexity index is 602. The first-order valence-corrected chi connectivity index (χ1v) is 9.90. The minimum atomic E-state index is -0.425. The van der Waals surface area contributed by atoms with E-state index in [-0.39, 0.29) is 0 Å². The van der Waals surface area contributed by atoms with Crippen LogP contribution in [0.2, 0.25) is 0 Å². The number of allylic oxidation sites excluding steroid dienone is 4. The SMILES string of the molecule is CCCN(C)P(C1=CC(C)=CCC1)c1cc(C)ccc1N(C)C. The summed E-state index contributed by atoms with van der Waals surface area (Å²) < 4.78 is 2.58. The fourth-order valence-electron chi connectivity index (χ4n) is 3.17. The van der Waals surface area contributed by atoms with Gasteiger partial charge < -0.3 is 4.90 Å². The highest BCUT2D eigenvalue weighted by molar-refractivity contribution is 7.67. The maximum Gasteiger partial charge on any atom is 0.0455 e. The van der Waals surface area contributed by atoms with Crippen molar-refractivity contribution in [1.82, 2.24) is 4.67 Å². The molecule has 0 radical (unpaired) electrons. The molecule has 1 unspecified atom stereocenters. The van der Waals surface area contributed by atoms with Crippen molar-refractivity contribution in [3.05, 3.63) is 46.8 Å². The van der Waals surface area contributed by atoms with E-state index in [0.29, 0.717) is 0 Å². The number of hydrogen-bond acceptors (Lipinski definition) is 2. The first-order chi connectivity index (χ1) is 10.9. The van der Waals surface area contributed by atoms with Gasteiger partial charge in [0, 0.05) is 39.7 Å². The van der Waals surface area contributed by atoms with Crippen molar-refractivity contribution in [2.75, 3.05) is 32.6 Å². The highest BCUT2D eigenvalue weighted by Gasteiger charge is 2.25. The van der Waals surface area contributed by atoms with Gasteiger partial charge in [0.1, 0.15) is 0 Å². The molecule has 23 heavy (non-hydrogen) atoms. The van der Waals surface area contributed by atoms with Crippen LogP contribution in [0.25, 0.3) is 0 Å². The summed E-state index contributed by atoms with van der Waals surface area (Å²) in [7, 11) is 6.18. The minimum absolute atomic E-state index is 0.425. The number of nitrogens with zero attached hydrogens (tertiary/aromatic N) is 2. The fourth-order valence-corrected chi connectivity index (χ4v) is 6.17. The monoisotopic (exact) mass is 330 g/mol. The van der Waals surface area contributed by atoms with Gasteiger partial charge in [-0.2, -0.15) is 0 Å². The summed E-state index contributed by atoms with van der Waals surface area (Å²) in [6.07, 6.45) is 8.36. The Morgan fingerprint density at radius 3 is 2.48 bits per heavy atom. The number of benzene rings is 1. The Kier molecular flexibility index (Phi) is 6.44. The molecule has 2 rings (SSSR count). The molecule has 0 saturated heterocycles. The number of hydrogen-bond donors (Lipinski definition) is 0. The normalized spacial score (nSPS) is 16.1. The molecule has 0 spiro atoms. The number of aryl methyl sites for hydroxylation is 1. The van der Waals surface area contributed by atoms with E-state index >= 15 is 0 Å². The lowest BCUT2D eigenvalue weighted by Gasteiger charge is -2.34. The molecule has 1 atom stereocenters. The van der Waals surface area contributed by atoms with Crippen LogP contribution in [-0.2, 0) is 0 Å². The standard InChI is InChI=1S/C20H31N2P/c1-7-13-22(6)23(18-10-8-9-16(2)14-18)20-15-17(3)11-12-19(20)21(4)5/h9,11-12,14-15H,7-8,10,13H2,1-6H3. The molecular weight excluding hydrogens is 299 g/mol. The van der Waals surface area contributed by atoms with E-state index in [9.17, 15) is 0 Å². The molecule has 3 heteroatoms. The first-order valence-electron chi connectivity index (χ1n) is 8.60. The molecule has 2 nitrogen and oxygen atoms in total. The zero-order valence-electron chi connectivity index (χ0n) is 15.6. The van der Waals surface area contributed by atoms with Gasteiger partial charge in [-0.25, -0.2) is 0 Å². The number of rotatable bonds is 6. The van der Waals surface area contributed by atoms with Gasteiger partial charge in [0.25, 0.3) is 0 Å². The average molecular weight is 330 g/mol. The molecule has 1 aromatic carbocycles. The van der Waals surface area contributed by atoms with Crippen LogP contribution in [0.4, 0.5) is 5.69 Å². The summed E-state index contributed by atoms with van der Waals surface area (Å²) in [4.78, 5) is 2.26. The van der Waals surface area contributed by atoms with Gasteiger partial charge in [0.05, 0.1) is 0 Å². The smallest absolute Gasteiger partial charge is 0.0455 e. The molecule has 0 aromatic heterocycles. The van der Waals surface area contributed by atoms with Crippen LogP contribution in [0.3, 0.4) is 0 Å². The van der Waals surface area contributed by atoms with Crippen molar-refractivity contribution in [2.45, 2.75) is 40.0 Å². The summed E-state index contributed by atoms with van der Waals surface area (Å²) in [6.45, 7) is 7.85. The lowest BCUT2D eigenvalue weighted by atomic mass is 10.1. The Balaban J connectivity index is 2.54. The van der Waals surface area contributed by atoms with Gasteiger partial charge in [0.2, 0.25) is 0 Å². The summed E-state index contributed by atoms with van der Waals surface area (Å²) in [5.74, 6) is 0. The Hall–Kier alpha value is -1.11. The molecule has 0 fully saturated rings. The molecule has 1 aliphatic rings. The molecular formula is C20H31N2P. The second-order valence-electron chi connectivity index (χ2n) is 6.70. The van der Waals surface area contributed by atoms with Crippen molar-refractivity contribution >= 4 is 19.1 Å². The Morgan fingerprint density at radius 2 is 1.87 bits per heavy atom. The highest BCUT2D eigenvalue weighted by atomic mass is 31.1. The third kappa shape index (κ3) is 4.46. The van der Waals surface area contributed by atoms with Crippen LogP contribution >= 0.6 is 8.07 Å². The number of anilines is 1. The van der Waals surface area contributed by atoms with Crippen LogP contribution in [0, 0.1) is 6.92 Å². The molecule has 1 aliphatic carbocycles. The molecule has 0 aliphatic heterocycles. The summed E-state index contributed by atoms with van der Waals surface area (Å²) in [5.41, 5.74) is 4.13. The van der Waals surface area contributed by atoms with E-state index in [2.05, 4.69) is 81.8 Å². The van der Waals surface area contributed by atoms with E-state index in [1.807, 2.05) is 0 Å². The molecule has 1 aromatic rings. The Labute approximate surface area is 143 Å². The molecule has 126 valence electrons. The third-order valence-corrected chi connectivity index (χ3v) is 6.86. The minimum Gasteiger partial charge on any atom is -0.377 e. The second-order valence-corrected chi connectivity index (χ2v) is 9.06. The zero-order chi connectivity index (χ0) is 17.0. The lowest BCUT2D eigenvalue weighted by Crippen LogP contribution is -2.26. The van der Waals surface area contributed by atoms with Gasteiger partial charge >= 0.3 is 0 Å². The topological polar surface area (TPSA) is 6.48 Å². The van der Waals surface area contributed by atoms with Gasteiger partial charge in [-0.15, -0.1) is 0 Å². The van der Waals surface area contributed by atoms with E-state index < -0.39 is 8.07 Å². The van der Waals surface area contributed by atoms with Crippen molar-refractivity contribution in [1.29, 1.82) is 0 Å². The predicted octanol–water partition coefficient (Wildman–Crippen LogP) is 5.05. The van der Waals surface area contributed by atoms with Gasteiger partial charge in [-0.05, 0) is 57.6 Å². The average Bonchev–Trinajstić information content (AvgIpc) is 2.47. The van der Waals surface area contributed by atoms with Crippen LogP contribution in [0.5, 0.6) is 0 Å². The molecule has 0 N–H and O–H groups in total. The predicted molar refractivity (Wildman–Crippen MR) is 106 cm³/mol. The van der Waals surface area contributed by atoms with Crippen molar-refractivity contribution in [3.63, 3.8) is 0 Å². The zero-order valence-corrected chi connectivity index (χ0v) is 16.5. The molecule has 0 amide bonds. The fraction of sp³-hybridized carbons (Fsp3) is 0.500. The van der Waals surface area contributed by atoms with Crippen molar-refractivity contribution in [2.24, 2.45) is 0 Å². The van der Waals surface area contributed by atoms with Crippen LogP contribution in [-0.4, -0.2) is 32.4 Å². The molecule has 0 heterocycles. The first kappa shape index (κ1) is 18.2. The lowest BCUT2D eigenvalue weighted by molar-refractivity contribution is 0.546. The van der Waals surface area contributed by atoms with E-state index in [0.717, 1.165) is 6.54 Å². The van der Waals surface area contributed by atoms with Crippen LogP contribution in [0.15, 0.2) is 41.2 Å². The summed E-state index contributed by atoms with van der Waals surface area (Å²) in [5, 5.41) is 3.12. The van der Waals surface area contributed by atoms with Crippen molar-refractivity contribution < 1.29 is 0 Å². The second kappa shape index (κ2) is 8.13. The Morgan fingerprint density at radius 1 is 1.13 bits per heavy atom. The third-order valence-electron chi connectivity index (χ3n) is 4.26. The summed E-state index contributed by atoms with van der Waals surface area (Å²) >= 11 is 0. The molecule has 0 saturated carbocycles. The maximum absolute atomic E-state index is 2.58. The van der Waals surface area contributed by atoms with Crippen molar-refractivity contribution in [3.8, 4) is 0 Å². The van der Waals surface area contributed by atoms with E-state index in [1.54, 1.807) is 5.31 Å². The van der Waals surface area contributed by atoms with Gasteiger partial charge in [0.15, 0.2) is 0 Å². The van der Waals surface area contributed by atoms with Gasteiger partial charge in [-0.1, -0.05) is 36.3 Å². The quantitative estimate of drug-likeness (QED) is 0.674. The maximum atomic E-state index is 2.58. The van der Waals surface area contributed by atoms with E-state index in [4.69, 9.17) is 0 Å². The molecule has 0 bridgehead atoms. The van der Waals surface area contributed by atoms with Crippen LogP contribution < -0.4 is 10.2 Å². The highest BCUT2D eigenvalue weighted by Crippen LogP contribution is 2.52.